The van der Waals surface area contributed by atoms with Crippen LogP contribution in [0.1, 0.15) is 24.9 Å². The van der Waals surface area contributed by atoms with Crippen molar-refractivity contribution in [2.24, 2.45) is 0 Å². The molecule has 0 fully saturated rings. The zero-order valence-electron chi connectivity index (χ0n) is 16.6. The lowest BCUT2D eigenvalue weighted by Gasteiger charge is -2.25. The maximum absolute atomic E-state index is 6.17. The highest BCUT2D eigenvalue weighted by atomic mass is 16.5. The van der Waals surface area contributed by atoms with Gasteiger partial charge in [-0.2, -0.15) is 0 Å². The van der Waals surface area contributed by atoms with Crippen molar-refractivity contribution in [2.75, 3.05) is 6.61 Å². The first-order valence-electron chi connectivity index (χ1n) is 10.0. The molecule has 0 saturated carbocycles. The van der Waals surface area contributed by atoms with Gasteiger partial charge in [0.25, 0.3) is 0 Å². The van der Waals surface area contributed by atoms with Crippen LogP contribution >= 0.6 is 0 Å². The average molecular weight is 386 g/mol. The fourth-order valence-electron chi connectivity index (χ4n) is 3.56. The van der Waals surface area contributed by atoms with Crippen molar-refractivity contribution in [3.63, 3.8) is 0 Å². The number of hydrogen-bond acceptors (Lipinski definition) is 3. The van der Waals surface area contributed by atoms with Gasteiger partial charge in [-0.25, -0.2) is 4.98 Å². The molecular weight excluding hydrogens is 360 g/mol. The molecule has 0 bridgehead atoms. The normalized spacial score (nSPS) is 13.3. The Morgan fingerprint density at radius 2 is 1.72 bits per heavy atom. The number of rotatable bonds is 9. The summed E-state index contributed by atoms with van der Waals surface area (Å²) < 4.78 is 14.3. The highest BCUT2D eigenvalue weighted by Gasteiger charge is 2.20. The molecule has 0 aliphatic rings. The smallest absolute Gasteiger partial charge is 0.119 e. The van der Waals surface area contributed by atoms with E-state index in [0.29, 0.717) is 13.2 Å². The van der Waals surface area contributed by atoms with Gasteiger partial charge < -0.3 is 14.0 Å². The summed E-state index contributed by atoms with van der Waals surface area (Å²) >= 11 is 0. The monoisotopic (exact) mass is 386 g/mol. The summed E-state index contributed by atoms with van der Waals surface area (Å²) in [6.45, 7) is 3.32. The van der Waals surface area contributed by atoms with E-state index in [-0.39, 0.29) is 12.1 Å². The van der Waals surface area contributed by atoms with Crippen LogP contribution in [-0.2, 0) is 11.3 Å². The first-order chi connectivity index (χ1) is 14.3. The van der Waals surface area contributed by atoms with Crippen LogP contribution in [0.15, 0.2) is 91.5 Å². The topological polar surface area (TPSA) is 36.3 Å². The molecule has 0 unspecified atom stereocenters. The van der Waals surface area contributed by atoms with Crippen LogP contribution in [0.25, 0.3) is 10.8 Å². The number of aromatic nitrogens is 2. The van der Waals surface area contributed by atoms with Gasteiger partial charge in [-0.3, -0.25) is 0 Å². The third-order valence-electron chi connectivity index (χ3n) is 5.21. The fourth-order valence-corrected chi connectivity index (χ4v) is 3.56. The molecule has 2 atom stereocenters. The molecule has 148 valence electrons. The summed E-state index contributed by atoms with van der Waals surface area (Å²) in [7, 11) is 0. The lowest BCUT2D eigenvalue weighted by atomic mass is 10.1. The van der Waals surface area contributed by atoms with Gasteiger partial charge in [0.1, 0.15) is 5.75 Å². The van der Waals surface area contributed by atoms with E-state index in [1.54, 1.807) is 6.20 Å². The highest BCUT2D eigenvalue weighted by Crippen LogP contribution is 2.23. The fraction of sp³-hybridized carbons (Fsp3) is 0.240. The van der Waals surface area contributed by atoms with E-state index in [1.807, 2.05) is 42.9 Å². The van der Waals surface area contributed by atoms with E-state index in [9.17, 15) is 0 Å². The van der Waals surface area contributed by atoms with Gasteiger partial charge >= 0.3 is 0 Å². The van der Waals surface area contributed by atoms with Gasteiger partial charge in [-0.1, -0.05) is 60.7 Å². The van der Waals surface area contributed by atoms with Gasteiger partial charge in [-0.15, -0.1) is 0 Å². The van der Waals surface area contributed by atoms with Crippen molar-refractivity contribution in [2.45, 2.75) is 32.1 Å². The predicted molar refractivity (Wildman–Crippen MR) is 116 cm³/mol. The molecule has 0 amide bonds. The quantitative estimate of drug-likeness (QED) is 0.373. The molecule has 1 heterocycles. The van der Waals surface area contributed by atoms with Crippen molar-refractivity contribution in [1.82, 2.24) is 9.55 Å². The maximum atomic E-state index is 6.17. The zero-order chi connectivity index (χ0) is 19.9. The maximum Gasteiger partial charge on any atom is 0.119 e. The number of imidazole rings is 1. The van der Waals surface area contributed by atoms with Crippen molar-refractivity contribution in [3.8, 4) is 5.75 Å². The number of benzene rings is 3. The lowest BCUT2D eigenvalue weighted by Crippen LogP contribution is -2.25. The first-order valence-corrected chi connectivity index (χ1v) is 10.0. The highest BCUT2D eigenvalue weighted by molar-refractivity contribution is 5.83. The Hall–Kier alpha value is -3.11. The average Bonchev–Trinajstić information content (AvgIpc) is 3.30. The summed E-state index contributed by atoms with van der Waals surface area (Å²) in [5.41, 5.74) is 1.18. The van der Waals surface area contributed by atoms with Crippen molar-refractivity contribution in [3.05, 3.63) is 97.1 Å². The van der Waals surface area contributed by atoms with Crippen LogP contribution in [0.5, 0.6) is 5.75 Å². The Morgan fingerprint density at radius 1 is 0.931 bits per heavy atom. The Balaban J connectivity index is 1.37. The summed E-state index contributed by atoms with van der Waals surface area (Å²) in [4.78, 5) is 4.21. The Labute approximate surface area is 171 Å². The van der Waals surface area contributed by atoms with E-state index < -0.39 is 0 Å². The third kappa shape index (κ3) is 5.04. The lowest BCUT2D eigenvalue weighted by molar-refractivity contribution is 0.0113. The van der Waals surface area contributed by atoms with Gasteiger partial charge in [0.15, 0.2) is 0 Å². The van der Waals surface area contributed by atoms with E-state index in [2.05, 4.69) is 58.9 Å². The van der Waals surface area contributed by atoms with Gasteiger partial charge in [0.2, 0.25) is 0 Å². The number of hydrogen-bond donors (Lipinski definition) is 0. The van der Waals surface area contributed by atoms with E-state index in [1.165, 1.54) is 16.3 Å². The van der Waals surface area contributed by atoms with Crippen LogP contribution < -0.4 is 4.74 Å². The summed E-state index contributed by atoms with van der Waals surface area (Å²) in [5, 5.41) is 2.41. The van der Waals surface area contributed by atoms with E-state index in [0.717, 1.165) is 12.2 Å². The molecule has 4 nitrogen and oxygen atoms in total. The van der Waals surface area contributed by atoms with Crippen LogP contribution in [-0.4, -0.2) is 22.3 Å². The standard InChI is InChI=1S/C25H26N2O2/c1-20(29-18-21-7-3-2-4-8-21)25(27-15-14-26-19-27)13-16-28-24-12-11-22-9-5-6-10-23(22)17-24/h2-12,14-15,17,19-20,25H,13,16,18H2,1H3/t20-,25+/m0/s1. The van der Waals surface area contributed by atoms with E-state index in [4.69, 9.17) is 9.47 Å². The minimum Gasteiger partial charge on any atom is -0.493 e. The van der Waals surface area contributed by atoms with Crippen LogP contribution in [0, 0.1) is 0 Å². The molecular formula is C25H26N2O2. The van der Waals surface area contributed by atoms with Crippen molar-refractivity contribution >= 4 is 10.8 Å². The molecule has 0 radical (unpaired) electrons. The zero-order valence-corrected chi connectivity index (χ0v) is 16.6. The second-order valence-electron chi connectivity index (χ2n) is 7.23. The first kappa shape index (κ1) is 19.2. The molecule has 0 aliphatic heterocycles. The summed E-state index contributed by atoms with van der Waals surface area (Å²) in [5.74, 6) is 0.894. The molecule has 1 aromatic heterocycles. The summed E-state index contributed by atoms with van der Waals surface area (Å²) in [6.07, 6.45) is 6.51. The Bertz CT molecular complexity index is 1020. The molecule has 4 aromatic rings. The molecule has 0 spiro atoms. The number of fused-ring (bicyclic) bond motifs is 1. The van der Waals surface area contributed by atoms with Crippen LogP contribution in [0.2, 0.25) is 0 Å². The molecule has 0 aliphatic carbocycles. The van der Waals surface area contributed by atoms with Gasteiger partial charge in [0.05, 0.1) is 31.7 Å². The predicted octanol–water partition coefficient (Wildman–Crippen LogP) is 5.65. The second-order valence-corrected chi connectivity index (χ2v) is 7.23. The number of nitrogens with zero attached hydrogens (tertiary/aromatic N) is 2. The Kier molecular flexibility index (Phi) is 6.22. The third-order valence-corrected chi connectivity index (χ3v) is 5.21. The molecule has 0 N–H and O–H groups in total. The minimum absolute atomic E-state index is 0.0320. The van der Waals surface area contributed by atoms with Gasteiger partial charge in [0, 0.05) is 18.8 Å². The molecule has 3 aromatic carbocycles. The largest absolute Gasteiger partial charge is 0.493 e. The van der Waals surface area contributed by atoms with Crippen molar-refractivity contribution in [1.29, 1.82) is 0 Å². The van der Waals surface area contributed by atoms with Crippen LogP contribution in [0.3, 0.4) is 0 Å². The molecule has 29 heavy (non-hydrogen) atoms. The van der Waals surface area contributed by atoms with Crippen molar-refractivity contribution < 1.29 is 9.47 Å². The SMILES string of the molecule is C[C@H](OCc1ccccc1)[C@@H](CCOc1ccc2ccccc2c1)n1ccnc1. The second kappa shape index (κ2) is 9.39. The molecule has 0 saturated heterocycles. The van der Waals surface area contributed by atoms with Crippen LogP contribution in [0.4, 0.5) is 0 Å². The molecule has 4 heteroatoms. The minimum atomic E-state index is 0.0320. The molecule has 4 rings (SSSR count). The van der Waals surface area contributed by atoms with Gasteiger partial charge in [-0.05, 0) is 35.4 Å². The van der Waals surface area contributed by atoms with E-state index >= 15 is 0 Å². The summed E-state index contributed by atoms with van der Waals surface area (Å²) in [6, 6.07) is 25.0. The Morgan fingerprint density at radius 3 is 2.52 bits per heavy atom. The number of ether oxygens (including phenoxy) is 2.